The molecule has 106 valence electrons. The van der Waals surface area contributed by atoms with E-state index in [1.807, 2.05) is 26.0 Å². The number of hydrogen-bond acceptors (Lipinski definition) is 3. The van der Waals surface area contributed by atoms with E-state index in [1.165, 1.54) is 18.4 Å². The van der Waals surface area contributed by atoms with Gasteiger partial charge in [-0.05, 0) is 49.8 Å². The van der Waals surface area contributed by atoms with E-state index >= 15 is 0 Å². The molecular formula is C16H25NO2. The van der Waals surface area contributed by atoms with Crippen LogP contribution in [0.15, 0.2) is 18.2 Å². The van der Waals surface area contributed by atoms with Crippen LogP contribution in [0.3, 0.4) is 0 Å². The fourth-order valence-corrected chi connectivity index (χ4v) is 2.48. The maximum Gasteiger partial charge on any atom is 0.122 e. The van der Waals surface area contributed by atoms with Crippen LogP contribution < -0.4 is 10.1 Å². The smallest absolute Gasteiger partial charge is 0.122 e. The number of hydrogen-bond donors (Lipinski definition) is 2. The van der Waals surface area contributed by atoms with Crippen molar-refractivity contribution in [1.82, 2.24) is 5.32 Å². The van der Waals surface area contributed by atoms with Gasteiger partial charge in [-0.2, -0.15) is 0 Å². The fraction of sp³-hybridized carbons (Fsp3) is 0.625. The summed E-state index contributed by atoms with van der Waals surface area (Å²) >= 11 is 0. The fourth-order valence-electron chi connectivity index (χ4n) is 2.48. The second kappa shape index (κ2) is 6.40. The highest BCUT2D eigenvalue weighted by atomic mass is 16.5. The van der Waals surface area contributed by atoms with E-state index in [0.717, 1.165) is 17.2 Å². The van der Waals surface area contributed by atoms with Crippen LogP contribution in [0.5, 0.6) is 5.75 Å². The van der Waals surface area contributed by atoms with Crippen LogP contribution in [-0.4, -0.2) is 30.4 Å². The number of aliphatic hydroxyl groups excluding tert-OH is 1. The first-order valence-corrected chi connectivity index (χ1v) is 7.16. The summed E-state index contributed by atoms with van der Waals surface area (Å²) in [6, 6.07) is 6.72. The Labute approximate surface area is 116 Å². The van der Waals surface area contributed by atoms with E-state index in [2.05, 4.69) is 18.3 Å². The quantitative estimate of drug-likeness (QED) is 0.828. The van der Waals surface area contributed by atoms with Gasteiger partial charge in [-0.15, -0.1) is 0 Å². The van der Waals surface area contributed by atoms with Crippen LogP contribution >= 0.6 is 0 Å². The van der Waals surface area contributed by atoms with Gasteiger partial charge in [0.15, 0.2) is 0 Å². The van der Waals surface area contributed by atoms with Gasteiger partial charge in [0.2, 0.25) is 0 Å². The molecule has 3 heteroatoms. The van der Waals surface area contributed by atoms with Crippen LogP contribution in [0.2, 0.25) is 0 Å². The third-order valence-corrected chi connectivity index (χ3v) is 3.79. The minimum atomic E-state index is -0.448. The van der Waals surface area contributed by atoms with Gasteiger partial charge in [0.25, 0.3) is 0 Å². The van der Waals surface area contributed by atoms with Crippen molar-refractivity contribution in [1.29, 1.82) is 0 Å². The van der Waals surface area contributed by atoms with Crippen LogP contribution in [0.25, 0.3) is 0 Å². The molecule has 1 aromatic rings. The molecule has 1 unspecified atom stereocenters. The van der Waals surface area contributed by atoms with Crippen molar-refractivity contribution >= 4 is 0 Å². The molecule has 0 aromatic heterocycles. The Morgan fingerprint density at radius 2 is 2.11 bits per heavy atom. The number of benzene rings is 1. The summed E-state index contributed by atoms with van der Waals surface area (Å²) in [6.45, 7) is 7.29. The van der Waals surface area contributed by atoms with Gasteiger partial charge in [0.05, 0.1) is 0 Å². The molecule has 0 radical (unpaired) electrons. The second-order valence-electron chi connectivity index (χ2n) is 5.92. The number of rotatable bonds is 6. The Kier molecular flexibility index (Phi) is 4.83. The highest BCUT2D eigenvalue weighted by molar-refractivity contribution is 5.35. The summed E-state index contributed by atoms with van der Waals surface area (Å²) in [6.07, 6.45) is 2.01. The Bertz CT molecular complexity index is 413. The number of ether oxygens (including phenoxy) is 1. The lowest BCUT2D eigenvalue weighted by Gasteiger charge is -2.34. The summed E-state index contributed by atoms with van der Waals surface area (Å²) in [5, 5.41) is 13.3. The lowest BCUT2D eigenvalue weighted by Crippen LogP contribution is -2.44. The van der Waals surface area contributed by atoms with Gasteiger partial charge in [-0.3, -0.25) is 0 Å². The average Bonchev–Trinajstić information content (AvgIpc) is 2.34. The van der Waals surface area contributed by atoms with Crippen molar-refractivity contribution in [3.8, 4) is 5.75 Å². The topological polar surface area (TPSA) is 41.5 Å². The molecule has 1 aliphatic rings. The molecule has 0 heterocycles. The van der Waals surface area contributed by atoms with Crippen molar-refractivity contribution in [2.24, 2.45) is 5.92 Å². The van der Waals surface area contributed by atoms with Gasteiger partial charge in [-0.1, -0.05) is 19.1 Å². The molecule has 0 bridgehead atoms. The molecule has 1 atom stereocenters. The number of nitrogens with one attached hydrogen (secondary N) is 1. The Balaban J connectivity index is 1.70. The summed E-state index contributed by atoms with van der Waals surface area (Å²) in [7, 11) is 0. The summed E-state index contributed by atoms with van der Waals surface area (Å²) in [4.78, 5) is 0. The van der Waals surface area contributed by atoms with Crippen LogP contribution in [-0.2, 0) is 0 Å². The molecule has 0 amide bonds. The van der Waals surface area contributed by atoms with Gasteiger partial charge >= 0.3 is 0 Å². The van der Waals surface area contributed by atoms with Gasteiger partial charge < -0.3 is 15.2 Å². The highest BCUT2D eigenvalue weighted by Gasteiger charge is 2.25. The van der Waals surface area contributed by atoms with E-state index in [9.17, 15) is 5.11 Å². The number of aryl methyl sites for hydroxylation is 2. The first kappa shape index (κ1) is 14.4. The molecule has 2 rings (SSSR count). The largest absolute Gasteiger partial charge is 0.491 e. The highest BCUT2D eigenvalue weighted by Crippen LogP contribution is 2.26. The van der Waals surface area contributed by atoms with Crippen LogP contribution in [0, 0.1) is 19.8 Å². The zero-order valence-corrected chi connectivity index (χ0v) is 12.1. The normalized spacial score (nSPS) is 23.8. The third-order valence-electron chi connectivity index (χ3n) is 3.79. The van der Waals surface area contributed by atoms with Crippen molar-refractivity contribution in [2.45, 2.75) is 45.8 Å². The molecule has 3 nitrogen and oxygen atoms in total. The zero-order chi connectivity index (χ0) is 13.8. The molecule has 0 aliphatic heterocycles. The molecule has 0 saturated heterocycles. The van der Waals surface area contributed by atoms with E-state index in [-0.39, 0.29) is 0 Å². The summed E-state index contributed by atoms with van der Waals surface area (Å²) in [5.74, 6) is 1.71. The van der Waals surface area contributed by atoms with E-state index < -0.39 is 6.10 Å². The monoisotopic (exact) mass is 263 g/mol. The van der Waals surface area contributed by atoms with Gasteiger partial charge in [0, 0.05) is 12.6 Å². The average molecular weight is 263 g/mol. The van der Waals surface area contributed by atoms with E-state index in [1.54, 1.807) is 0 Å². The molecule has 1 fully saturated rings. The first-order chi connectivity index (χ1) is 9.04. The van der Waals surface area contributed by atoms with E-state index in [0.29, 0.717) is 19.2 Å². The SMILES string of the molecule is Cc1ccc(C)c(OCC(O)CNC2CC(C)C2)c1. The second-order valence-corrected chi connectivity index (χ2v) is 5.92. The predicted octanol–water partition coefficient (Wildman–Crippen LogP) is 2.43. The summed E-state index contributed by atoms with van der Waals surface area (Å²) in [5.41, 5.74) is 2.29. The van der Waals surface area contributed by atoms with Crippen molar-refractivity contribution < 1.29 is 9.84 Å². The molecule has 1 aromatic carbocycles. The Morgan fingerprint density at radius 1 is 1.37 bits per heavy atom. The number of aliphatic hydroxyl groups is 1. The molecule has 1 saturated carbocycles. The first-order valence-electron chi connectivity index (χ1n) is 7.16. The van der Waals surface area contributed by atoms with E-state index in [4.69, 9.17) is 4.74 Å². The Hall–Kier alpha value is -1.06. The van der Waals surface area contributed by atoms with Gasteiger partial charge in [0.1, 0.15) is 18.5 Å². The van der Waals surface area contributed by atoms with Crippen molar-refractivity contribution in [2.75, 3.05) is 13.2 Å². The maximum atomic E-state index is 9.92. The van der Waals surface area contributed by atoms with Crippen LogP contribution in [0.4, 0.5) is 0 Å². The molecule has 1 aliphatic carbocycles. The van der Waals surface area contributed by atoms with Crippen LogP contribution in [0.1, 0.15) is 30.9 Å². The third kappa shape index (κ3) is 4.22. The molecule has 0 spiro atoms. The lowest BCUT2D eigenvalue weighted by molar-refractivity contribution is 0.0952. The van der Waals surface area contributed by atoms with Crippen molar-refractivity contribution in [3.63, 3.8) is 0 Å². The predicted molar refractivity (Wildman–Crippen MR) is 77.6 cm³/mol. The maximum absolute atomic E-state index is 9.92. The minimum absolute atomic E-state index is 0.347. The summed E-state index contributed by atoms with van der Waals surface area (Å²) < 4.78 is 5.69. The zero-order valence-electron chi connectivity index (χ0n) is 12.1. The standard InChI is InChI=1S/C16H25NO2/c1-11-4-5-13(3)16(8-11)19-10-15(18)9-17-14-6-12(2)7-14/h4-5,8,12,14-15,17-18H,6-7,9-10H2,1-3H3. The molecular weight excluding hydrogens is 238 g/mol. The Morgan fingerprint density at radius 3 is 2.79 bits per heavy atom. The minimum Gasteiger partial charge on any atom is -0.491 e. The molecule has 19 heavy (non-hydrogen) atoms. The van der Waals surface area contributed by atoms with Gasteiger partial charge in [-0.25, -0.2) is 0 Å². The lowest BCUT2D eigenvalue weighted by atomic mass is 9.82. The van der Waals surface area contributed by atoms with Crippen molar-refractivity contribution in [3.05, 3.63) is 29.3 Å². The molecule has 2 N–H and O–H groups in total.